The van der Waals surface area contributed by atoms with Gasteiger partial charge < -0.3 is 5.32 Å². The second-order valence-electron chi connectivity index (χ2n) is 3.06. The number of halogens is 1. The molecule has 1 heterocycles. The standard InChI is InChI=1S/C10H15BrN2S/c1-8-4-6-13-10(9(8)11)12-5-3-7-14-2/h4,6H,3,5,7H2,1-2H3,(H,12,13). The van der Waals surface area contributed by atoms with Gasteiger partial charge in [0.05, 0.1) is 4.47 Å². The SMILES string of the molecule is CSCCCNc1nccc(C)c1Br. The number of nitrogens with one attached hydrogen (secondary N) is 1. The van der Waals surface area contributed by atoms with Crippen molar-refractivity contribution in [1.82, 2.24) is 4.98 Å². The Morgan fingerprint density at radius 1 is 1.57 bits per heavy atom. The highest BCUT2D eigenvalue weighted by Crippen LogP contribution is 2.22. The van der Waals surface area contributed by atoms with Gasteiger partial charge in [0.2, 0.25) is 0 Å². The minimum atomic E-state index is 0.950. The monoisotopic (exact) mass is 274 g/mol. The van der Waals surface area contributed by atoms with Crippen LogP contribution in [0.2, 0.25) is 0 Å². The highest BCUT2D eigenvalue weighted by molar-refractivity contribution is 9.10. The lowest BCUT2D eigenvalue weighted by molar-refractivity contribution is 0.978. The Kier molecular flexibility index (Phi) is 5.33. The molecule has 0 aliphatic rings. The number of hydrogen-bond donors (Lipinski definition) is 1. The van der Waals surface area contributed by atoms with Crippen LogP contribution in [0.5, 0.6) is 0 Å². The Morgan fingerprint density at radius 2 is 2.36 bits per heavy atom. The number of pyridine rings is 1. The summed E-state index contributed by atoms with van der Waals surface area (Å²) in [7, 11) is 0. The molecule has 0 unspecified atom stereocenters. The Labute approximate surface area is 98.0 Å². The number of thioether (sulfide) groups is 1. The van der Waals surface area contributed by atoms with Crippen molar-refractivity contribution < 1.29 is 0 Å². The number of hydrogen-bond acceptors (Lipinski definition) is 3. The van der Waals surface area contributed by atoms with E-state index in [1.54, 1.807) is 0 Å². The Bertz CT molecular complexity index is 291. The van der Waals surface area contributed by atoms with Crippen LogP contribution < -0.4 is 5.32 Å². The van der Waals surface area contributed by atoms with Crippen molar-refractivity contribution in [3.05, 3.63) is 22.3 Å². The molecule has 0 aliphatic heterocycles. The molecule has 1 N–H and O–H groups in total. The van der Waals surface area contributed by atoms with E-state index in [0.29, 0.717) is 0 Å². The first-order valence-electron chi connectivity index (χ1n) is 4.59. The van der Waals surface area contributed by atoms with E-state index in [1.807, 2.05) is 24.0 Å². The molecular formula is C10H15BrN2S. The molecule has 0 aromatic carbocycles. The van der Waals surface area contributed by atoms with Crippen LogP contribution in [0.25, 0.3) is 0 Å². The summed E-state index contributed by atoms with van der Waals surface area (Å²) in [5.74, 6) is 2.14. The van der Waals surface area contributed by atoms with Gasteiger partial charge in [-0.25, -0.2) is 4.98 Å². The molecule has 14 heavy (non-hydrogen) atoms. The molecule has 0 aliphatic carbocycles. The third-order valence-electron chi connectivity index (χ3n) is 1.90. The van der Waals surface area contributed by atoms with Crippen molar-refractivity contribution in [3.63, 3.8) is 0 Å². The number of aromatic nitrogens is 1. The fraction of sp³-hybridized carbons (Fsp3) is 0.500. The molecule has 1 aromatic heterocycles. The second kappa shape index (κ2) is 6.30. The summed E-state index contributed by atoms with van der Waals surface area (Å²) in [6.07, 6.45) is 5.13. The zero-order chi connectivity index (χ0) is 10.4. The van der Waals surface area contributed by atoms with E-state index in [0.717, 1.165) is 16.8 Å². The zero-order valence-corrected chi connectivity index (χ0v) is 10.9. The molecule has 2 nitrogen and oxygen atoms in total. The van der Waals surface area contributed by atoms with E-state index in [1.165, 1.54) is 17.7 Å². The highest BCUT2D eigenvalue weighted by atomic mass is 79.9. The lowest BCUT2D eigenvalue weighted by atomic mass is 10.3. The summed E-state index contributed by atoms with van der Waals surface area (Å²) in [5.41, 5.74) is 1.22. The molecule has 0 spiro atoms. The Hall–Kier alpha value is -0.220. The summed E-state index contributed by atoms with van der Waals surface area (Å²) in [6.45, 7) is 3.05. The van der Waals surface area contributed by atoms with Crippen LogP contribution in [0.1, 0.15) is 12.0 Å². The van der Waals surface area contributed by atoms with E-state index in [-0.39, 0.29) is 0 Å². The van der Waals surface area contributed by atoms with Gasteiger partial charge in [0.25, 0.3) is 0 Å². The van der Waals surface area contributed by atoms with Crippen molar-refractivity contribution >= 4 is 33.5 Å². The topological polar surface area (TPSA) is 24.9 Å². The van der Waals surface area contributed by atoms with Gasteiger partial charge in [-0.05, 0) is 52.9 Å². The van der Waals surface area contributed by atoms with Gasteiger partial charge >= 0.3 is 0 Å². The molecule has 0 fully saturated rings. The first kappa shape index (κ1) is 11.9. The van der Waals surface area contributed by atoms with Crippen LogP contribution >= 0.6 is 27.7 Å². The maximum atomic E-state index is 4.27. The highest BCUT2D eigenvalue weighted by Gasteiger charge is 2.01. The van der Waals surface area contributed by atoms with Crippen LogP contribution in [0.4, 0.5) is 5.82 Å². The average molecular weight is 275 g/mol. The van der Waals surface area contributed by atoms with E-state index in [4.69, 9.17) is 0 Å². The summed E-state index contributed by atoms with van der Waals surface area (Å²) >= 11 is 5.39. The fourth-order valence-corrected chi connectivity index (χ4v) is 1.89. The largest absolute Gasteiger partial charge is 0.369 e. The third-order valence-corrected chi connectivity index (χ3v) is 3.60. The molecule has 1 rings (SSSR count). The van der Waals surface area contributed by atoms with Gasteiger partial charge in [0.1, 0.15) is 5.82 Å². The lowest BCUT2D eigenvalue weighted by Crippen LogP contribution is -2.05. The summed E-state index contributed by atoms with van der Waals surface area (Å²) in [5, 5.41) is 3.32. The average Bonchev–Trinajstić information content (AvgIpc) is 2.19. The van der Waals surface area contributed by atoms with Gasteiger partial charge in [-0.3, -0.25) is 0 Å². The van der Waals surface area contributed by atoms with Crippen molar-refractivity contribution in [1.29, 1.82) is 0 Å². The number of anilines is 1. The summed E-state index contributed by atoms with van der Waals surface area (Å²) in [6, 6.07) is 2.00. The maximum Gasteiger partial charge on any atom is 0.140 e. The van der Waals surface area contributed by atoms with Gasteiger partial charge in [-0.1, -0.05) is 0 Å². The van der Waals surface area contributed by atoms with E-state index < -0.39 is 0 Å². The fourth-order valence-electron chi connectivity index (χ4n) is 1.09. The molecule has 1 aromatic rings. The zero-order valence-electron chi connectivity index (χ0n) is 8.51. The number of nitrogens with zero attached hydrogens (tertiary/aromatic N) is 1. The van der Waals surface area contributed by atoms with E-state index in [2.05, 4.69) is 39.4 Å². The van der Waals surface area contributed by atoms with Gasteiger partial charge in [0.15, 0.2) is 0 Å². The molecule has 0 atom stereocenters. The Morgan fingerprint density at radius 3 is 3.07 bits per heavy atom. The van der Waals surface area contributed by atoms with Gasteiger partial charge in [-0.2, -0.15) is 11.8 Å². The van der Waals surface area contributed by atoms with E-state index >= 15 is 0 Å². The van der Waals surface area contributed by atoms with Crippen molar-refractivity contribution in [2.24, 2.45) is 0 Å². The van der Waals surface area contributed by atoms with Crippen LogP contribution in [-0.4, -0.2) is 23.5 Å². The predicted octanol–water partition coefficient (Wildman–Crippen LogP) is 3.32. The van der Waals surface area contributed by atoms with Crippen LogP contribution in [0.3, 0.4) is 0 Å². The molecule has 0 saturated heterocycles. The normalized spacial score (nSPS) is 10.2. The van der Waals surface area contributed by atoms with Crippen molar-refractivity contribution in [2.75, 3.05) is 23.9 Å². The lowest BCUT2D eigenvalue weighted by Gasteiger charge is -2.08. The van der Waals surface area contributed by atoms with Crippen molar-refractivity contribution in [2.45, 2.75) is 13.3 Å². The molecule has 0 bridgehead atoms. The number of rotatable bonds is 5. The second-order valence-corrected chi connectivity index (χ2v) is 4.84. The van der Waals surface area contributed by atoms with Gasteiger partial charge in [-0.15, -0.1) is 0 Å². The molecule has 4 heteroatoms. The smallest absolute Gasteiger partial charge is 0.140 e. The first-order chi connectivity index (χ1) is 6.75. The van der Waals surface area contributed by atoms with Crippen molar-refractivity contribution in [3.8, 4) is 0 Å². The van der Waals surface area contributed by atoms with E-state index in [9.17, 15) is 0 Å². The summed E-state index contributed by atoms with van der Waals surface area (Å²) in [4.78, 5) is 4.27. The molecule has 78 valence electrons. The molecular weight excluding hydrogens is 260 g/mol. The third kappa shape index (κ3) is 3.50. The minimum Gasteiger partial charge on any atom is -0.369 e. The van der Waals surface area contributed by atoms with Crippen LogP contribution in [0, 0.1) is 6.92 Å². The summed E-state index contributed by atoms with van der Waals surface area (Å²) < 4.78 is 1.07. The first-order valence-corrected chi connectivity index (χ1v) is 6.78. The maximum absolute atomic E-state index is 4.27. The molecule has 0 saturated carbocycles. The molecule has 0 amide bonds. The minimum absolute atomic E-state index is 0.950. The van der Waals surface area contributed by atoms with Crippen LogP contribution in [-0.2, 0) is 0 Å². The van der Waals surface area contributed by atoms with Crippen LogP contribution in [0.15, 0.2) is 16.7 Å². The number of aryl methyl sites for hydroxylation is 1. The predicted molar refractivity (Wildman–Crippen MR) is 68.2 cm³/mol. The quantitative estimate of drug-likeness (QED) is 0.834. The van der Waals surface area contributed by atoms with Gasteiger partial charge in [0, 0.05) is 12.7 Å². The molecule has 0 radical (unpaired) electrons. The Balaban J connectivity index is 2.46.